The molecule has 0 spiro atoms. The minimum absolute atomic E-state index is 0.0292. The van der Waals surface area contributed by atoms with Crippen LogP contribution in [0.1, 0.15) is 69.6 Å². The number of nitrogens with one attached hydrogen (secondary N) is 2. The van der Waals surface area contributed by atoms with Gasteiger partial charge < -0.3 is 15.7 Å². The van der Waals surface area contributed by atoms with E-state index in [4.69, 9.17) is 11.6 Å². The Bertz CT molecular complexity index is 1170. The van der Waals surface area contributed by atoms with Gasteiger partial charge in [-0.2, -0.15) is 8.75 Å². The van der Waals surface area contributed by atoms with Crippen LogP contribution in [-0.2, 0) is 17.4 Å². The van der Waals surface area contributed by atoms with Gasteiger partial charge in [-0.3, -0.25) is 0 Å². The first kappa shape index (κ1) is 27.9. The van der Waals surface area contributed by atoms with Gasteiger partial charge in [0.2, 0.25) is 0 Å². The topological polar surface area (TPSA) is 70.1 Å². The number of benzene rings is 2. The molecule has 1 aliphatic carbocycles. The molecule has 4 rings (SSSR count). The van der Waals surface area contributed by atoms with E-state index in [1.54, 1.807) is 0 Å². The van der Waals surface area contributed by atoms with E-state index in [-0.39, 0.29) is 29.1 Å². The van der Waals surface area contributed by atoms with Crippen molar-refractivity contribution in [2.75, 3.05) is 11.9 Å². The molecule has 1 heterocycles. The second kappa shape index (κ2) is 11.7. The van der Waals surface area contributed by atoms with E-state index >= 15 is 0 Å². The van der Waals surface area contributed by atoms with E-state index in [0.29, 0.717) is 11.4 Å². The number of aromatic nitrogens is 2. The fourth-order valence-corrected chi connectivity index (χ4v) is 5.81. The second-order valence-electron chi connectivity index (χ2n) is 11.1. The summed E-state index contributed by atoms with van der Waals surface area (Å²) in [5.74, 6) is -0.970. The van der Waals surface area contributed by atoms with E-state index < -0.39 is 23.8 Å². The van der Waals surface area contributed by atoms with Crippen molar-refractivity contribution in [3.8, 4) is 0 Å². The van der Waals surface area contributed by atoms with E-state index in [9.17, 15) is 13.9 Å². The monoisotopic (exact) mass is 548 g/mol. The average molecular weight is 549 g/mol. The molecule has 5 nitrogen and oxygen atoms in total. The molecule has 3 aromatic rings. The lowest BCUT2D eigenvalue weighted by atomic mass is 9.74. The van der Waals surface area contributed by atoms with Crippen LogP contribution in [0.15, 0.2) is 42.5 Å². The van der Waals surface area contributed by atoms with Crippen LogP contribution in [0.5, 0.6) is 0 Å². The van der Waals surface area contributed by atoms with Gasteiger partial charge in [-0.15, -0.1) is 0 Å². The molecule has 3 N–H and O–H groups in total. The van der Waals surface area contributed by atoms with Gasteiger partial charge >= 0.3 is 0 Å². The molecular weight excluding hydrogens is 514 g/mol. The van der Waals surface area contributed by atoms with E-state index in [0.717, 1.165) is 43.5 Å². The van der Waals surface area contributed by atoms with Crippen LogP contribution in [0, 0.1) is 11.6 Å². The summed E-state index contributed by atoms with van der Waals surface area (Å²) in [6.45, 7) is 6.91. The van der Waals surface area contributed by atoms with Gasteiger partial charge in [0.25, 0.3) is 0 Å². The molecule has 1 aliphatic rings. The predicted octanol–water partition coefficient (Wildman–Crippen LogP) is 6.60. The van der Waals surface area contributed by atoms with E-state index in [2.05, 4.69) is 64.4 Å². The quantitative estimate of drug-likeness (QED) is 0.281. The molecule has 2 unspecified atom stereocenters. The van der Waals surface area contributed by atoms with Crippen LogP contribution >= 0.6 is 23.3 Å². The molecule has 1 aromatic heterocycles. The molecule has 9 heteroatoms. The predicted molar refractivity (Wildman–Crippen MR) is 146 cm³/mol. The first-order chi connectivity index (χ1) is 17.6. The minimum Gasteiger partial charge on any atom is -0.390 e. The highest BCUT2D eigenvalue weighted by Gasteiger charge is 2.35. The molecule has 0 amide bonds. The van der Waals surface area contributed by atoms with Crippen LogP contribution in [0.25, 0.3) is 0 Å². The summed E-state index contributed by atoms with van der Waals surface area (Å²) in [7, 11) is 0. The highest BCUT2D eigenvalue weighted by Crippen LogP contribution is 2.39. The van der Waals surface area contributed by atoms with Gasteiger partial charge in [0.15, 0.2) is 11.0 Å². The smallest absolute Gasteiger partial charge is 0.186 e. The van der Waals surface area contributed by atoms with Crippen LogP contribution in [-0.4, -0.2) is 32.5 Å². The highest BCUT2D eigenvalue weighted by atomic mass is 35.5. The Morgan fingerprint density at radius 2 is 1.76 bits per heavy atom. The van der Waals surface area contributed by atoms with Crippen molar-refractivity contribution in [3.05, 3.63) is 75.9 Å². The van der Waals surface area contributed by atoms with Gasteiger partial charge in [-0.25, -0.2) is 8.78 Å². The Hall–Kier alpha value is -2.13. The molecule has 0 radical (unpaired) electrons. The standard InChI is InChI=1S/C28H35ClF2N4OS/c1-27(2,3)19-8-7-9-20(15-19)28(10-5-4-6-11-28)32-17-24(36)23(33-26-25(29)34-37-35-26)14-18-12-21(30)16-22(31)13-18/h7-9,12-13,15-16,23-24,32,36H,4-6,10-11,14,17H2,1-3H3,(H,33,35). The zero-order chi connectivity index (χ0) is 26.6. The zero-order valence-corrected chi connectivity index (χ0v) is 23.1. The number of aliphatic hydroxyl groups is 1. The Kier molecular flexibility index (Phi) is 8.84. The van der Waals surface area contributed by atoms with Crippen molar-refractivity contribution in [1.82, 2.24) is 14.1 Å². The highest BCUT2D eigenvalue weighted by molar-refractivity contribution is 6.99. The van der Waals surface area contributed by atoms with Crippen molar-refractivity contribution < 1.29 is 13.9 Å². The normalized spacial score (nSPS) is 17.4. The maximum Gasteiger partial charge on any atom is 0.186 e. The number of hydrogen-bond donors (Lipinski definition) is 3. The van der Waals surface area contributed by atoms with Gasteiger partial charge in [-0.1, -0.05) is 75.9 Å². The summed E-state index contributed by atoms with van der Waals surface area (Å²) in [5.41, 5.74) is 2.71. The maximum atomic E-state index is 13.9. The summed E-state index contributed by atoms with van der Waals surface area (Å²) < 4.78 is 35.9. The fourth-order valence-electron chi connectivity index (χ4n) is 5.15. The van der Waals surface area contributed by atoms with Crippen LogP contribution in [0.3, 0.4) is 0 Å². The molecule has 1 fully saturated rings. The van der Waals surface area contributed by atoms with Crippen LogP contribution < -0.4 is 10.6 Å². The Balaban J connectivity index is 1.57. The van der Waals surface area contributed by atoms with Gasteiger partial charge in [0.1, 0.15) is 11.6 Å². The molecule has 2 aromatic carbocycles. The lowest BCUT2D eigenvalue weighted by Gasteiger charge is -2.41. The molecule has 200 valence electrons. The van der Waals surface area contributed by atoms with Crippen LogP contribution in [0.4, 0.5) is 14.6 Å². The summed E-state index contributed by atoms with van der Waals surface area (Å²) in [5, 5.41) is 18.4. The molecule has 0 aliphatic heterocycles. The second-order valence-corrected chi connectivity index (χ2v) is 11.9. The van der Waals surface area contributed by atoms with Crippen molar-refractivity contribution in [2.45, 2.75) is 82.4 Å². The SMILES string of the molecule is CC(C)(C)c1cccc(C2(NCC(O)C(Cc3cc(F)cc(F)c3)Nc3nsnc3Cl)CCCCC2)c1. The summed E-state index contributed by atoms with van der Waals surface area (Å²) in [6, 6.07) is 11.5. The van der Waals surface area contributed by atoms with E-state index in [1.807, 2.05) is 0 Å². The average Bonchev–Trinajstić information content (AvgIpc) is 3.26. The Labute approximate surface area is 227 Å². The van der Waals surface area contributed by atoms with Crippen molar-refractivity contribution >= 4 is 29.1 Å². The number of anilines is 1. The Morgan fingerprint density at radius 3 is 2.38 bits per heavy atom. The number of rotatable bonds is 9. The largest absolute Gasteiger partial charge is 0.390 e. The van der Waals surface area contributed by atoms with E-state index in [1.165, 1.54) is 29.7 Å². The molecule has 0 bridgehead atoms. The van der Waals surface area contributed by atoms with Crippen molar-refractivity contribution in [2.24, 2.45) is 0 Å². The molecule has 37 heavy (non-hydrogen) atoms. The zero-order valence-electron chi connectivity index (χ0n) is 21.5. The summed E-state index contributed by atoms with van der Waals surface area (Å²) >= 11 is 7.11. The first-order valence-electron chi connectivity index (χ1n) is 12.8. The summed E-state index contributed by atoms with van der Waals surface area (Å²) in [6.07, 6.45) is 4.63. The number of aliphatic hydroxyl groups excluding tert-OH is 1. The number of nitrogens with zero attached hydrogens (tertiary/aromatic N) is 2. The summed E-state index contributed by atoms with van der Waals surface area (Å²) in [4.78, 5) is 0. The third-order valence-corrected chi connectivity index (χ3v) is 8.14. The maximum absolute atomic E-state index is 13.9. The lowest BCUT2D eigenvalue weighted by molar-refractivity contribution is 0.122. The van der Waals surface area contributed by atoms with Gasteiger partial charge in [-0.05, 0) is 53.5 Å². The van der Waals surface area contributed by atoms with Crippen molar-refractivity contribution in [1.29, 1.82) is 0 Å². The molecule has 1 saturated carbocycles. The number of hydrogen-bond acceptors (Lipinski definition) is 6. The molecular formula is C28H35ClF2N4OS. The molecule has 2 atom stereocenters. The first-order valence-corrected chi connectivity index (χ1v) is 13.9. The van der Waals surface area contributed by atoms with Crippen LogP contribution in [0.2, 0.25) is 5.15 Å². The lowest BCUT2D eigenvalue weighted by Crippen LogP contribution is -2.51. The van der Waals surface area contributed by atoms with Gasteiger partial charge in [0, 0.05) is 18.2 Å². The third kappa shape index (κ3) is 7.05. The number of halogens is 3. The molecule has 0 saturated heterocycles. The Morgan fingerprint density at radius 1 is 1.05 bits per heavy atom. The minimum atomic E-state index is -0.895. The third-order valence-electron chi connectivity index (χ3n) is 7.25. The van der Waals surface area contributed by atoms with Crippen molar-refractivity contribution in [3.63, 3.8) is 0 Å². The fraction of sp³-hybridized carbons (Fsp3) is 0.500. The van der Waals surface area contributed by atoms with Gasteiger partial charge in [0.05, 0.1) is 23.9 Å².